The number of aryl methyl sites for hydroxylation is 1. The molecule has 1 N–H and O–H groups in total. The molecule has 0 saturated heterocycles. The van der Waals surface area contributed by atoms with E-state index in [9.17, 15) is 0 Å². The third-order valence-electron chi connectivity index (χ3n) is 3.71. The molecule has 2 heteroatoms. The van der Waals surface area contributed by atoms with Crippen molar-refractivity contribution in [3.8, 4) is 0 Å². The summed E-state index contributed by atoms with van der Waals surface area (Å²) < 4.78 is 0. The van der Waals surface area contributed by atoms with Crippen molar-refractivity contribution >= 4 is 0 Å². The zero-order valence-electron chi connectivity index (χ0n) is 10.5. The number of rotatable bonds is 3. The average molecular weight is 238 g/mol. The van der Waals surface area contributed by atoms with Gasteiger partial charge in [0.05, 0.1) is 0 Å². The maximum Gasteiger partial charge on any atom is 0.0299 e. The summed E-state index contributed by atoms with van der Waals surface area (Å²) >= 11 is 0. The normalized spacial score (nSPS) is 18.3. The number of pyridine rings is 1. The van der Waals surface area contributed by atoms with Crippen molar-refractivity contribution in [2.24, 2.45) is 0 Å². The number of nitrogens with zero attached hydrogens (tertiary/aromatic N) is 1. The van der Waals surface area contributed by atoms with E-state index in [4.69, 9.17) is 0 Å². The first kappa shape index (κ1) is 11.4. The summed E-state index contributed by atoms with van der Waals surface area (Å²) in [6, 6.07) is 13.0. The Labute approximate surface area is 108 Å². The van der Waals surface area contributed by atoms with Gasteiger partial charge in [0.25, 0.3) is 0 Å². The Morgan fingerprint density at radius 2 is 2.11 bits per heavy atom. The van der Waals surface area contributed by atoms with Crippen LogP contribution in [-0.2, 0) is 13.0 Å². The third-order valence-corrected chi connectivity index (χ3v) is 3.71. The van der Waals surface area contributed by atoms with Crippen molar-refractivity contribution < 1.29 is 0 Å². The molecule has 18 heavy (non-hydrogen) atoms. The molecule has 1 aromatic carbocycles. The first-order valence-electron chi connectivity index (χ1n) is 6.61. The Balaban J connectivity index is 1.71. The van der Waals surface area contributed by atoms with Gasteiger partial charge in [-0.05, 0) is 41.5 Å². The van der Waals surface area contributed by atoms with Crippen molar-refractivity contribution in [3.63, 3.8) is 0 Å². The lowest BCUT2D eigenvalue weighted by molar-refractivity contribution is 0.514. The molecule has 92 valence electrons. The lowest BCUT2D eigenvalue weighted by Gasteiger charge is -2.26. The van der Waals surface area contributed by atoms with Crippen molar-refractivity contribution in [1.82, 2.24) is 10.3 Å². The van der Waals surface area contributed by atoms with Gasteiger partial charge in [0.1, 0.15) is 0 Å². The van der Waals surface area contributed by atoms with E-state index in [-0.39, 0.29) is 0 Å². The van der Waals surface area contributed by atoms with E-state index in [1.807, 2.05) is 18.5 Å². The largest absolute Gasteiger partial charge is 0.312 e. The minimum absolute atomic E-state index is 0.634. The molecule has 2 heterocycles. The van der Waals surface area contributed by atoms with Gasteiger partial charge in [-0.1, -0.05) is 30.3 Å². The molecule has 0 amide bonds. The van der Waals surface area contributed by atoms with Crippen LogP contribution in [0.1, 0.15) is 29.0 Å². The number of benzene rings is 1. The Bertz CT molecular complexity index is 508. The fourth-order valence-corrected chi connectivity index (χ4v) is 2.73. The highest BCUT2D eigenvalue weighted by atomic mass is 14.9. The lowest BCUT2D eigenvalue weighted by atomic mass is 9.87. The molecule has 1 atom stereocenters. The van der Waals surface area contributed by atoms with Crippen molar-refractivity contribution in [1.29, 1.82) is 0 Å². The zero-order chi connectivity index (χ0) is 12.2. The van der Waals surface area contributed by atoms with E-state index in [0.717, 1.165) is 19.5 Å². The van der Waals surface area contributed by atoms with Gasteiger partial charge in [0.2, 0.25) is 0 Å². The van der Waals surface area contributed by atoms with Crippen molar-refractivity contribution in [2.75, 3.05) is 6.54 Å². The predicted molar refractivity (Wildman–Crippen MR) is 73.4 cm³/mol. The minimum Gasteiger partial charge on any atom is -0.312 e. The smallest absolute Gasteiger partial charge is 0.0299 e. The van der Waals surface area contributed by atoms with Gasteiger partial charge in [-0.3, -0.25) is 4.98 Å². The van der Waals surface area contributed by atoms with Crippen LogP contribution in [0.5, 0.6) is 0 Å². The van der Waals surface area contributed by atoms with Crippen LogP contribution in [0.15, 0.2) is 48.8 Å². The molecule has 3 rings (SSSR count). The minimum atomic E-state index is 0.634. The molecule has 0 bridgehead atoms. The maximum atomic E-state index is 4.18. The topological polar surface area (TPSA) is 24.9 Å². The highest BCUT2D eigenvalue weighted by molar-refractivity contribution is 5.32. The first-order chi connectivity index (χ1) is 8.93. The van der Waals surface area contributed by atoms with Gasteiger partial charge in [0, 0.05) is 25.5 Å². The van der Waals surface area contributed by atoms with Crippen molar-refractivity contribution in [2.45, 2.75) is 25.3 Å². The van der Waals surface area contributed by atoms with E-state index >= 15 is 0 Å². The van der Waals surface area contributed by atoms with Gasteiger partial charge in [-0.2, -0.15) is 0 Å². The number of nitrogens with one attached hydrogen (secondary N) is 1. The summed E-state index contributed by atoms with van der Waals surface area (Å²) in [4.78, 5) is 4.18. The van der Waals surface area contributed by atoms with Crippen LogP contribution in [-0.4, -0.2) is 11.5 Å². The summed E-state index contributed by atoms with van der Waals surface area (Å²) in [5, 5.41) is 3.51. The monoisotopic (exact) mass is 238 g/mol. The zero-order valence-corrected chi connectivity index (χ0v) is 10.5. The van der Waals surface area contributed by atoms with E-state index in [0.29, 0.717) is 5.92 Å². The fourth-order valence-electron chi connectivity index (χ4n) is 2.73. The van der Waals surface area contributed by atoms with Crippen LogP contribution in [0.3, 0.4) is 0 Å². The van der Waals surface area contributed by atoms with Crippen LogP contribution < -0.4 is 5.32 Å². The van der Waals surface area contributed by atoms with Gasteiger partial charge in [-0.25, -0.2) is 0 Å². The molecule has 0 radical (unpaired) electrons. The van der Waals surface area contributed by atoms with Crippen LogP contribution >= 0.6 is 0 Å². The molecule has 0 spiro atoms. The van der Waals surface area contributed by atoms with Crippen LogP contribution in [0.4, 0.5) is 0 Å². The molecule has 2 aromatic rings. The molecule has 0 aliphatic carbocycles. The van der Waals surface area contributed by atoms with E-state index < -0.39 is 0 Å². The molecule has 1 aliphatic heterocycles. The summed E-state index contributed by atoms with van der Waals surface area (Å²) in [7, 11) is 0. The van der Waals surface area contributed by atoms with E-state index in [2.05, 4.69) is 40.6 Å². The second kappa shape index (κ2) is 5.32. The molecule has 0 fully saturated rings. The summed E-state index contributed by atoms with van der Waals surface area (Å²) in [6.45, 7) is 2.11. The molecule has 2 nitrogen and oxygen atoms in total. The fraction of sp³-hybridized carbons (Fsp3) is 0.312. The quantitative estimate of drug-likeness (QED) is 0.889. The Morgan fingerprint density at radius 3 is 3.00 bits per heavy atom. The van der Waals surface area contributed by atoms with Gasteiger partial charge >= 0.3 is 0 Å². The average Bonchev–Trinajstić information content (AvgIpc) is 2.46. The number of hydrogen-bond donors (Lipinski definition) is 1. The molecule has 1 aromatic heterocycles. The summed E-state index contributed by atoms with van der Waals surface area (Å²) in [5.74, 6) is 0.634. The second-order valence-corrected chi connectivity index (χ2v) is 4.93. The van der Waals surface area contributed by atoms with Gasteiger partial charge in [0.15, 0.2) is 0 Å². The molecular formula is C16H18N2. The maximum absolute atomic E-state index is 4.18. The highest BCUT2D eigenvalue weighted by Crippen LogP contribution is 2.27. The van der Waals surface area contributed by atoms with E-state index in [1.165, 1.54) is 23.1 Å². The summed E-state index contributed by atoms with van der Waals surface area (Å²) in [5.41, 5.74) is 4.32. The Kier molecular flexibility index (Phi) is 3.37. The number of aromatic nitrogens is 1. The number of fused-ring (bicyclic) bond motifs is 1. The van der Waals surface area contributed by atoms with Crippen molar-refractivity contribution in [3.05, 3.63) is 65.5 Å². The molecule has 1 aliphatic rings. The molecular weight excluding hydrogens is 220 g/mol. The Morgan fingerprint density at radius 1 is 1.17 bits per heavy atom. The highest BCUT2D eigenvalue weighted by Gasteiger charge is 2.18. The first-order valence-corrected chi connectivity index (χ1v) is 6.61. The molecule has 1 unspecified atom stereocenters. The number of hydrogen-bond acceptors (Lipinski definition) is 2. The molecule has 0 saturated carbocycles. The standard InChI is InChI=1S/C16H18N2/c1-2-6-16-14(5-1)11-18-12-15(16)8-7-13-4-3-9-17-10-13/h1-6,9-10,15,18H,7-8,11-12H2. The SMILES string of the molecule is c1cncc(CCC2CNCc3ccccc32)c1. The Hall–Kier alpha value is -1.67. The van der Waals surface area contributed by atoms with Gasteiger partial charge in [-0.15, -0.1) is 0 Å². The van der Waals surface area contributed by atoms with Crippen LogP contribution in [0.25, 0.3) is 0 Å². The predicted octanol–water partition coefficient (Wildman–Crippen LogP) is 2.90. The van der Waals surface area contributed by atoms with Crippen LogP contribution in [0, 0.1) is 0 Å². The second-order valence-electron chi connectivity index (χ2n) is 4.93. The van der Waals surface area contributed by atoms with Gasteiger partial charge < -0.3 is 5.32 Å². The summed E-state index contributed by atoms with van der Waals surface area (Å²) in [6.07, 6.45) is 6.10. The third kappa shape index (κ3) is 2.44. The lowest BCUT2D eigenvalue weighted by Crippen LogP contribution is -2.28. The van der Waals surface area contributed by atoms with E-state index in [1.54, 1.807) is 0 Å². The van der Waals surface area contributed by atoms with Crippen LogP contribution in [0.2, 0.25) is 0 Å².